The minimum absolute atomic E-state index is 0.309. The van der Waals surface area contributed by atoms with Crippen molar-refractivity contribution in [1.29, 1.82) is 0 Å². The van der Waals surface area contributed by atoms with Crippen LogP contribution in [0.4, 0.5) is 0 Å². The number of nitrogens with zero attached hydrogens (tertiary/aromatic N) is 4. The van der Waals surface area contributed by atoms with Crippen LogP contribution < -0.4 is 5.32 Å². The molecule has 1 N–H and O–H groups in total. The minimum Gasteiger partial charge on any atom is -0.459 e. The molecule has 7 nitrogen and oxygen atoms in total. The van der Waals surface area contributed by atoms with Crippen molar-refractivity contribution in [3.8, 4) is 0 Å². The van der Waals surface area contributed by atoms with Crippen LogP contribution in [0.3, 0.4) is 0 Å². The molecule has 0 atom stereocenters. The second kappa shape index (κ2) is 9.51. The van der Waals surface area contributed by atoms with Gasteiger partial charge in [-0.2, -0.15) is 0 Å². The van der Waals surface area contributed by atoms with Gasteiger partial charge in [-0.05, 0) is 25.0 Å². The Balaban J connectivity index is 1.19. The molecule has 1 aromatic carbocycles. The first kappa shape index (κ1) is 20.7. The standard InChI is InChI=1S/C23H33N5O2/c1-24-23(26(2)17-20-16-19-6-3-4-9-21(19)30-20)25-10-11-27-12-14-28(15-13-27)22(29)18-7-5-8-18/h3-4,6,9,16,18H,5,7-8,10-15,17H2,1-2H3,(H,24,25). The van der Waals surface area contributed by atoms with E-state index in [1.807, 2.05) is 32.3 Å². The van der Waals surface area contributed by atoms with Crippen molar-refractivity contribution in [3.05, 3.63) is 36.1 Å². The van der Waals surface area contributed by atoms with E-state index in [2.05, 4.69) is 37.1 Å². The third kappa shape index (κ3) is 4.78. The van der Waals surface area contributed by atoms with Crippen LogP contribution in [-0.4, -0.2) is 79.9 Å². The number of hydrogen-bond acceptors (Lipinski definition) is 4. The predicted molar refractivity (Wildman–Crippen MR) is 119 cm³/mol. The van der Waals surface area contributed by atoms with Crippen LogP contribution in [0, 0.1) is 5.92 Å². The lowest BCUT2D eigenvalue weighted by Crippen LogP contribution is -2.52. The number of fused-ring (bicyclic) bond motifs is 1. The van der Waals surface area contributed by atoms with Gasteiger partial charge in [0.25, 0.3) is 0 Å². The van der Waals surface area contributed by atoms with Crippen molar-refractivity contribution in [2.24, 2.45) is 10.9 Å². The molecule has 2 aromatic rings. The molecule has 1 saturated heterocycles. The molecule has 1 aliphatic carbocycles. The number of para-hydroxylation sites is 1. The fraction of sp³-hybridized carbons (Fsp3) is 0.565. The zero-order valence-electron chi connectivity index (χ0n) is 18.1. The third-order valence-corrected chi connectivity index (χ3v) is 6.29. The number of benzene rings is 1. The SMILES string of the molecule is CN=C(NCCN1CCN(C(=O)C2CCC2)CC1)N(C)Cc1cc2ccccc2o1. The molecule has 1 saturated carbocycles. The summed E-state index contributed by atoms with van der Waals surface area (Å²) in [7, 11) is 3.83. The molecule has 0 unspecified atom stereocenters. The third-order valence-electron chi connectivity index (χ3n) is 6.29. The van der Waals surface area contributed by atoms with Crippen LogP contribution in [-0.2, 0) is 11.3 Å². The number of carbonyl (C=O) groups is 1. The van der Waals surface area contributed by atoms with Gasteiger partial charge in [-0.1, -0.05) is 24.6 Å². The molecule has 2 aliphatic rings. The maximum Gasteiger partial charge on any atom is 0.225 e. The molecule has 0 spiro atoms. The van der Waals surface area contributed by atoms with Gasteiger partial charge < -0.3 is 19.5 Å². The fourth-order valence-electron chi connectivity index (χ4n) is 4.24. The molecule has 1 aromatic heterocycles. The van der Waals surface area contributed by atoms with Crippen LogP contribution in [0.25, 0.3) is 11.0 Å². The van der Waals surface area contributed by atoms with Crippen molar-refractivity contribution < 1.29 is 9.21 Å². The Morgan fingerprint density at radius 2 is 2.00 bits per heavy atom. The van der Waals surface area contributed by atoms with Crippen molar-refractivity contribution in [2.75, 3.05) is 53.4 Å². The molecule has 30 heavy (non-hydrogen) atoms. The molecule has 7 heteroatoms. The van der Waals surface area contributed by atoms with Gasteiger partial charge in [0.2, 0.25) is 5.91 Å². The molecule has 2 heterocycles. The number of nitrogens with one attached hydrogen (secondary N) is 1. The Kier molecular flexibility index (Phi) is 6.57. The number of guanidine groups is 1. The predicted octanol–water partition coefficient (Wildman–Crippen LogP) is 2.38. The van der Waals surface area contributed by atoms with E-state index in [0.717, 1.165) is 74.8 Å². The lowest BCUT2D eigenvalue weighted by atomic mass is 9.84. The van der Waals surface area contributed by atoms with Crippen LogP contribution in [0.5, 0.6) is 0 Å². The molecular weight excluding hydrogens is 378 g/mol. The van der Waals surface area contributed by atoms with Gasteiger partial charge in [0.05, 0.1) is 6.54 Å². The molecule has 1 amide bonds. The van der Waals surface area contributed by atoms with E-state index in [1.165, 1.54) is 6.42 Å². The average molecular weight is 412 g/mol. The molecule has 0 bridgehead atoms. The topological polar surface area (TPSA) is 64.3 Å². The molecular formula is C23H33N5O2. The van der Waals surface area contributed by atoms with Gasteiger partial charge in [-0.3, -0.25) is 14.7 Å². The number of furan rings is 1. The summed E-state index contributed by atoms with van der Waals surface area (Å²) in [5, 5.41) is 4.58. The highest BCUT2D eigenvalue weighted by Gasteiger charge is 2.31. The van der Waals surface area contributed by atoms with Gasteiger partial charge in [0.1, 0.15) is 11.3 Å². The summed E-state index contributed by atoms with van der Waals surface area (Å²) in [4.78, 5) is 23.3. The first-order valence-electron chi connectivity index (χ1n) is 11.0. The van der Waals surface area contributed by atoms with Gasteiger partial charge >= 0.3 is 0 Å². The Morgan fingerprint density at radius 1 is 1.23 bits per heavy atom. The van der Waals surface area contributed by atoms with E-state index in [9.17, 15) is 4.79 Å². The largest absolute Gasteiger partial charge is 0.459 e. The monoisotopic (exact) mass is 411 g/mol. The lowest BCUT2D eigenvalue weighted by molar-refractivity contribution is -0.139. The number of carbonyl (C=O) groups excluding carboxylic acids is 1. The molecule has 0 radical (unpaired) electrons. The number of hydrogen-bond donors (Lipinski definition) is 1. The van der Waals surface area contributed by atoms with Gasteiger partial charge in [0.15, 0.2) is 5.96 Å². The average Bonchev–Trinajstić information content (AvgIpc) is 3.12. The number of amides is 1. The summed E-state index contributed by atoms with van der Waals surface area (Å²) in [6.45, 7) is 6.06. The van der Waals surface area contributed by atoms with E-state index >= 15 is 0 Å². The first-order chi connectivity index (χ1) is 14.6. The normalized spacial score (nSPS) is 18.5. The van der Waals surface area contributed by atoms with E-state index in [0.29, 0.717) is 18.4 Å². The number of aliphatic imine (C=N–C) groups is 1. The van der Waals surface area contributed by atoms with Crippen LogP contribution in [0.2, 0.25) is 0 Å². The van der Waals surface area contributed by atoms with Crippen molar-refractivity contribution in [2.45, 2.75) is 25.8 Å². The van der Waals surface area contributed by atoms with Gasteiger partial charge in [-0.25, -0.2) is 0 Å². The van der Waals surface area contributed by atoms with Gasteiger partial charge in [0, 0.05) is 64.7 Å². The van der Waals surface area contributed by atoms with E-state index in [-0.39, 0.29) is 0 Å². The fourth-order valence-corrected chi connectivity index (χ4v) is 4.24. The van der Waals surface area contributed by atoms with Crippen LogP contribution in [0.1, 0.15) is 25.0 Å². The Hall–Kier alpha value is -2.54. The molecule has 1 aliphatic heterocycles. The summed E-state index contributed by atoms with van der Waals surface area (Å²) in [6.07, 6.45) is 3.39. The summed E-state index contributed by atoms with van der Waals surface area (Å²) < 4.78 is 5.93. The van der Waals surface area contributed by atoms with Crippen molar-refractivity contribution in [1.82, 2.24) is 20.0 Å². The second-order valence-corrected chi connectivity index (χ2v) is 8.38. The van der Waals surface area contributed by atoms with E-state index < -0.39 is 0 Å². The molecule has 162 valence electrons. The summed E-state index contributed by atoms with van der Waals surface area (Å²) in [6, 6.07) is 10.2. The number of piperazine rings is 1. The summed E-state index contributed by atoms with van der Waals surface area (Å²) >= 11 is 0. The highest BCUT2D eigenvalue weighted by molar-refractivity contribution is 5.81. The van der Waals surface area contributed by atoms with Crippen LogP contribution >= 0.6 is 0 Å². The quantitative estimate of drug-likeness (QED) is 0.584. The summed E-state index contributed by atoms with van der Waals surface area (Å²) in [5.41, 5.74) is 0.916. The first-order valence-corrected chi connectivity index (χ1v) is 11.0. The second-order valence-electron chi connectivity index (χ2n) is 8.38. The Labute approximate surface area is 178 Å². The zero-order chi connectivity index (χ0) is 20.9. The number of rotatable bonds is 6. The van der Waals surface area contributed by atoms with E-state index in [1.54, 1.807) is 0 Å². The summed E-state index contributed by atoms with van der Waals surface area (Å²) in [5.74, 6) is 2.47. The van der Waals surface area contributed by atoms with Crippen LogP contribution in [0.15, 0.2) is 39.7 Å². The highest BCUT2D eigenvalue weighted by atomic mass is 16.3. The van der Waals surface area contributed by atoms with Crippen molar-refractivity contribution >= 4 is 22.8 Å². The molecule has 4 rings (SSSR count). The highest BCUT2D eigenvalue weighted by Crippen LogP contribution is 2.28. The Morgan fingerprint density at radius 3 is 2.67 bits per heavy atom. The van der Waals surface area contributed by atoms with E-state index in [4.69, 9.17) is 4.42 Å². The minimum atomic E-state index is 0.309. The smallest absolute Gasteiger partial charge is 0.225 e. The van der Waals surface area contributed by atoms with Gasteiger partial charge in [-0.15, -0.1) is 0 Å². The Bertz CT molecular complexity index is 848. The lowest BCUT2D eigenvalue weighted by Gasteiger charge is -2.38. The molecule has 2 fully saturated rings. The maximum absolute atomic E-state index is 12.4. The van der Waals surface area contributed by atoms with Crippen molar-refractivity contribution in [3.63, 3.8) is 0 Å². The zero-order valence-corrected chi connectivity index (χ0v) is 18.1. The maximum atomic E-state index is 12.4.